The second-order valence-electron chi connectivity index (χ2n) is 6.72. The summed E-state index contributed by atoms with van der Waals surface area (Å²) in [6.07, 6.45) is 1.23. The maximum Gasteiger partial charge on any atom is 0.253 e. The van der Waals surface area contributed by atoms with Gasteiger partial charge in [-0.15, -0.1) is 0 Å². The van der Waals surface area contributed by atoms with Crippen LogP contribution >= 0.6 is 0 Å². The molecule has 25 heavy (non-hydrogen) atoms. The third-order valence-electron chi connectivity index (χ3n) is 4.90. The molecule has 1 aromatic carbocycles. The van der Waals surface area contributed by atoms with Crippen LogP contribution in [0.3, 0.4) is 0 Å². The molecule has 2 heterocycles. The molecular formula is C20H24N2O3. The number of hydrogen-bond donors (Lipinski definition) is 2. The van der Waals surface area contributed by atoms with Crippen molar-refractivity contribution >= 4 is 5.91 Å². The van der Waals surface area contributed by atoms with E-state index in [-0.39, 0.29) is 24.1 Å². The molecule has 2 unspecified atom stereocenters. The zero-order valence-corrected chi connectivity index (χ0v) is 14.9. The summed E-state index contributed by atoms with van der Waals surface area (Å²) in [5, 5.41) is 2.83. The fourth-order valence-electron chi connectivity index (χ4n) is 3.42. The molecule has 2 atom stereocenters. The predicted octanol–water partition coefficient (Wildman–Crippen LogP) is 2.81. The number of amides is 1. The predicted molar refractivity (Wildman–Crippen MR) is 96.9 cm³/mol. The highest BCUT2D eigenvalue weighted by atomic mass is 16.5. The summed E-state index contributed by atoms with van der Waals surface area (Å²) in [7, 11) is 0. The van der Waals surface area contributed by atoms with E-state index in [4.69, 9.17) is 4.74 Å². The van der Waals surface area contributed by atoms with E-state index in [1.54, 1.807) is 0 Å². The largest absolute Gasteiger partial charge is 0.378 e. The van der Waals surface area contributed by atoms with Gasteiger partial charge in [0.2, 0.25) is 0 Å². The molecule has 2 aromatic rings. The lowest BCUT2D eigenvalue weighted by molar-refractivity contribution is 0.0950. The van der Waals surface area contributed by atoms with Crippen LogP contribution in [0.4, 0.5) is 0 Å². The monoisotopic (exact) mass is 340 g/mol. The van der Waals surface area contributed by atoms with Gasteiger partial charge in [-0.25, -0.2) is 0 Å². The fraction of sp³-hybridized carbons (Fsp3) is 0.400. The van der Waals surface area contributed by atoms with E-state index < -0.39 is 0 Å². The minimum atomic E-state index is -0.179. The normalized spacial score (nSPS) is 19.8. The summed E-state index contributed by atoms with van der Waals surface area (Å²) >= 11 is 0. The number of pyridine rings is 1. The molecule has 1 aromatic heterocycles. The first-order chi connectivity index (χ1) is 12.0. The summed E-state index contributed by atoms with van der Waals surface area (Å²) in [6.45, 7) is 6.81. The molecule has 0 radical (unpaired) electrons. The molecular weight excluding hydrogens is 316 g/mol. The maximum absolute atomic E-state index is 12.4. The molecule has 0 aliphatic carbocycles. The Morgan fingerprint density at radius 3 is 2.60 bits per heavy atom. The van der Waals surface area contributed by atoms with Crippen molar-refractivity contribution in [3.8, 4) is 0 Å². The van der Waals surface area contributed by atoms with Crippen molar-refractivity contribution in [2.45, 2.75) is 45.8 Å². The van der Waals surface area contributed by atoms with E-state index in [1.807, 2.05) is 44.2 Å². The van der Waals surface area contributed by atoms with Gasteiger partial charge in [0.1, 0.15) is 0 Å². The Morgan fingerprint density at radius 2 is 2.00 bits per heavy atom. The Morgan fingerprint density at radius 1 is 1.28 bits per heavy atom. The van der Waals surface area contributed by atoms with Crippen LogP contribution in [0, 0.1) is 13.8 Å². The van der Waals surface area contributed by atoms with Gasteiger partial charge in [-0.05, 0) is 56.5 Å². The van der Waals surface area contributed by atoms with E-state index in [1.165, 1.54) is 5.56 Å². The number of hydrogen-bond acceptors (Lipinski definition) is 3. The van der Waals surface area contributed by atoms with E-state index in [9.17, 15) is 9.59 Å². The van der Waals surface area contributed by atoms with Crippen LogP contribution in [0.15, 0.2) is 35.1 Å². The van der Waals surface area contributed by atoms with Gasteiger partial charge in [0.15, 0.2) is 0 Å². The summed E-state index contributed by atoms with van der Waals surface area (Å²) in [5.41, 5.74) is 3.94. The van der Waals surface area contributed by atoms with Gasteiger partial charge in [0.25, 0.3) is 11.5 Å². The highest BCUT2D eigenvalue weighted by molar-refractivity contribution is 5.94. The SMILES string of the molecule is Cc1cc(C)c(CNC(=O)c2ccc(C3CCOC3C)cc2)c(=O)[nH]1. The Kier molecular flexibility index (Phi) is 5.04. The molecule has 3 rings (SSSR count). The van der Waals surface area contributed by atoms with Crippen molar-refractivity contribution in [3.05, 3.63) is 68.6 Å². The van der Waals surface area contributed by atoms with Crippen molar-refractivity contribution < 1.29 is 9.53 Å². The molecule has 0 bridgehead atoms. The number of benzene rings is 1. The summed E-state index contributed by atoms with van der Waals surface area (Å²) < 4.78 is 5.60. The van der Waals surface area contributed by atoms with Gasteiger partial charge < -0.3 is 15.0 Å². The van der Waals surface area contributed by atoms with E-state index in [0.29, 0.717) is 17.0 Å². The Bertz CT molecular complexity index is 824. The van der Waals surface area contributed by atoms with E-state index >= 15 is 0 Å². The highest BCUT2D eigenvalue weighted by Gasteiger charge is 2.25. The van der Waals surface area contributed by atoms with Crippen LogP contribution in [-0.2, 0) is 11.3 Å². The number of rotatable bonds is 4. The van der Waals surface area contributed by atoms with E-state index in [2.05, 4.69) is 17.2 Å². The standard InChI is InChI=1S/C20H24N2O3/c1-12-10-13(2)22-20(24)18(12)11-21-19(23)16-6-4-15(5-7-16)17-8-9-25-14(17)3/h4-7,10,14,17H,8-9,11H2,1-3H3,(H,21,23)(H,22,24). The first kappa shape index (κ1) is 17.4. The smallest absolute Gasteiger partial charge is 0.253 e. The number of aryl methyl sites for hydroxylation is 2. The summed E-state index contributed by atoms with van der Waals surface area (Å²) in [6, 6.07) is 9.57. The summed E-state index contributed by atoms with van der Waals surface area (Å²) in [4.78, 5) is 27.1. The topological polar surface area (TPSA) is 71.2 Å². The lowest BCUT2D eigenvalue weighted by atomic mass is 9.92. The number of carbonyl (C=O) groups excluding carboxylic acids is 1. The van der Waals surface area contributed by atoms with Crippen molar-refractivity contribution in [1.29, 1.82) is 0 Å². The van der Waals surface area contributed by atoms with Crippen molar-refractivity contribution in [2.75, 3.05) is 6.61 Å². The van der Waals surface area contributed by atoms with Crippen molar-refractivity contribution in [3.63, 3.8) is 0 Å². The molecule has 0 spiro atoms. The van der Waals surface area contributed by atoms with Crippen LogP contribution in [0.1, 0.15) is 52.0 Å². The third kappa shape index (κ3) is 3.82. The second-order valence-corrected chi connectivity index (χ2v) is 6.72. The number of aromatic nitrogens is 1. The number of ether oxygens (including phenoxy) is 1. The zero-order chi connectivity index (χ0) is 18.0. The molecule has 1 amide bonds. The molecule has 1 aliphatic heterocycles. The first-order valence-electron chi connectivity index (χ1n) is 8.65. The minimum absolute atomic E-state index is 0.150. The van der Waals surface area contributed by atoms with Crippen molar-refractivity contribution in [2.24, 2.45) is 0 Å². The Hall–Kier alpha value is -2.40. The van der Waals surface area contributed by atoms with Crippen LogP contribution in [0.25, 0.3) is 0 Å². The third-order valence-corrected chi connectivity index (χ3v) is 4.90. The minimum Gasteiger partial charge on any atom is -0.378 e. The Labute approximate surface area is 147 Å². The van der Waals surface area contributed by atoms with Gasteiger partial charge in [-0.2, -0.15) is 0 Å². The lowest BCUT2D eigenvalue weighted by Gasteiger charge is -2.14. The number of H-pyrrole nitrogens is 1. The average Bonchev–Trinajstić information content (AvgIpc) is 3.00. The molecule has 1 fully saturated rings. The van der Waals surface area contributed by atoms with Gasteiger partial charge in [-0.1, -0.05) is 12.1 Å². The highest BCUT2D eigenvalue weighted by Crippen LogP contribution is 2.30. The Balaban J connectivity index is 1.67. The van der Waals surface area contributed by atoms with Gasteiger partial charge in [0.05, 0.1) is 6.10 Å². The van der Waals surface area contributed by atoms with Gasteiger partial charge >= 0.3 is 0 Å². The molecule has 1 aliphatic rings. The zero-order valence-electron chi connectivity index (χ0n) is 14.9. The van der Waals surface area contributed by atoms with Crippen LogP contribution in [-0.4, -0.2) is 23.6 Å². The second kappa shape index (κ2) is 7.23. The van der Waals surface area contributed by atoms with Crippen LogP contribution in [0.5, 0.6) is 0 Å². The van der Waals surface area contributed by atoms with Crippen LogP contribution < -0.4 is 10.9 Å². The number of aromatic amines is 1. The molecule has 1 saturated heterocycles. The quantitative estimate of drug-likeness (QED) is 0.899. The van der Waals surface area contributed by atoms with Crippen LogP contribution in [0.2, 0.25) is 0 Å². The maximum atomic E-state index is 12.4. The van der Waals surface area contributed by atoms with Crippen molar-refractivity contribution in [1.82, 2.24) is 10.3 Å². The lowest BCUT2D eigenvalue weighted by Crippen LogP contribution is -2.27. The number of nitrogens with one attached hydrogen (secondary N) is 2. The number of carbonyl (C=O) groups is 1. The molecule has 5 heteroatoms. The molecule has 5 nitrogen and oxygen atoms in total. The molecule has 0 saturated carbocycles. The molecule has 132 valence electrons. The average molecular weight is 340 g/mol. The summed E-state index contributed by atoms with van der Waals surface area (Å²) in [5.74, 6) is 0.215. The van der Waals surface area contributed by atoms with Gasteiger partial charge in [0, 0.05) is 35.9 Å². The first-order valence-corrected chi connectivity index (χ1v) is 8.65. The van der Waals surface area contributed by atoms with Gasteiger partial charge in [-0.3, -0.25) is 9.59 Å². The molecule has 2 N–H and O–H groups in total. The fourth-order valence-corrected chi connectivity index (χ4v) is 3.42. The van der Waals surface area contributed by atoms with E-state index in [0.717, 1.165) is 24.3 Å².